The summed E-state index contributed by atoms with van der Waals surface area (Å²) in [4.78, 5) is 0. The van der Waals surface area contributed by atoms with E-state index in [4.69, 9.17) is 0 Å². The van der Waals surface area contributed by atoms with Crippen molar-refractivity contribution in [1.29, 1.82) is 0 Å². The highest BCUT2D eigenvalue weighted by atomic mass is 15.7. The van der Waals surface area contributed by atoms with Gasteiger partial charge in [0.15, 0.2) is 0 Å². The van der Waals surface area contributed by atoms with E-state index < -0.39 is 0 Å². The second-order valence-electron chi connectivity index (χ2n) is 4.50. The summed E-state index contributed by atoms with van der Waals surface area (Å²) in [6.07, 6.45) is 8.75. The fraction of sp³-hybridized carbons (Fsp3) is 1.00. The van der Waals surface area contributed by atoms with Crippen LogP contribution < -0.4 is 0 Å². The number of nitrogens with zero attached hydrogens (tertiary/aromatic N) is 2. The van der Waals surface area contributed by atoms with Gasteiger partial charge in [0.1, 0.15) is 0 Å². The Bertz CT molecular complexity index is 153. The van der Waals surface area contributed by atoms with Crippen LogP contribution in [0.2, 0.25) is 0 Å². The number of rotatable bonds is 0. The molecule has 3 saturated heterocycles. The Balaban J connectivity index is 1.83. The van der Waals surface area contributed by atoms with Crippen molar-refractivity contribution in [3.8, 4) is 0 Å². The minimum absolute atomic E-state index is 0.926. The van der Waals surface area contributed by atoms with Gasteiger partial charge in [-0.15, -0.1) is 0 Å². The lowest BCUT2D eigenvalue weighted by Crippen LogP contribution is -2.63. The van der Waals surface area contributed by atoms with Gasteiger partial charge < -0.3 is 0 Å². The van der Waals surface area contributed by atoms with Crippen LogP contribution in [-0.2, 0) is 0 Å². The lowest BCUT2D eigenvalue weighted by atomic mass is 9.86. The summed E-state index contributed by atoms with van der Waals surface area (Å²) in [5.41, 5.74) is 0. The predicted molar refractivity (Wildman–Crippen MR) is 48.7 cm³/mol. The molecule has 0 aromatic heterocycles. The second kappa shape index (κ2) is 2.71. The predicted octanol–water partition coefficient (Wildman–Crippen LogP) is 1.62. The van der Waals surface area contributed by atoms with Gasteiger partial charge in [0.2, 0.25) is 0 Å². The molecule has 0 aromatic carbocycles. The van der Waals surface area contributed by atoms with Crippen LogP contribution in [0.1, 0.15) is 38.5 Å². The van der Waals surface area contributed by atoms with Crippen molar-refractivity contribution in [2.24, 2.45) is 0 Å². The zero-order valence-corrected chi connectivity index (χ0v) is 7.71. The van der Waals surface area contributed by atoms with Crippen molar-refractivity contribution < 1.29 is 0 Å². The van der Waals surface area contributed by atoms with Gasteiger partial charge in [-0.05, 0) is 38.5 Å². The topological polar surface area (TPSA) is 6.48 Å². The molecule has 1 aliphatic carbocycles. The normalized spacial score (nSPS) is 43.0. The highest BCUT2D eigenvalue weighted by molar-refractivity contribution is 4.91. The highest BCUT2D eigenvalue weighted by Crippen LogP contribution is 2.36. The second-order valence-corrected chi connectivity index (χ2v) is 4.50. The third kappa shape index (κ3) is 0.944. The Kier molecular flexibility index (Phi) is 1.66. The van der Waals surface area contributed by atoms with Crippen LogP contribution >= 0.6 is 0 Å². The van der Waals surface area contributed by atoms with Crippen molar-refractivity contribution in [2.45, 2.75) is 50.6 Å². The molecule has 0 amide bonds. The molecule has 2 bridgehead atoms. The summed E-state index contributed by atoms with van der Waals surface area (Å²) in [6.45, 7) is 2.70. The average molecular weight is 166 g/mol. The molecular weight excluding hydrogens is 148 g/mol. The molecule has 4 rings (SSSR count). The van der Waals surface area contributed by atoms with Crippen molar-refractivity contribution in [3.05, 3.63) is 0 Å². The molecule has 2 nitrogen and oxygen atoms in total. The number of hydrazine groups is 1. The van der Waals surface area contributed by atoms with Gasteiger partial charge in [-0.25, -0.2) is 10.0 Å². The van der Waals surface area contributed by atoms with Crippen molar-refractivity contribution in [2.75, 3.05) is 13.1 Å². The van der Waals surface area contributed by atoms with Crippen LogP contribution in [0, 0.1) is 0 Å². The molecule has 2 heteroatoms. The lowest BCUT2D eigenvalue weighted by Gasteiger charge is -2.55. The molecule has 4 aliphatic rings. The molecule has 0 unspecified atom stereocenters. The SMILES string of the molecule is C1CCN2C3CCC(CC3)N2C1. The zero-order chi connectivity index (χ0) is 7.97. The summed E-state index contributed by atoms with van der Waals surface area (Å²) in [5.74, 6) is 0. The molecule has 0 spiro atoms. The molecule has 0 atom stereocenters. The first-order chi connectivity index (χ1) is 5.95. The van der Waals surface area contributed by atoms with Gasteiger partial charge in [-0.3, -0.25) is 0 Å². The van der Waals surface area contributed by atoms with Crippen LogP contribution in [0.5, 0.6) is 0 Å². The molecule has 68 valence electrons. The first kappa shape index (κ1) is 7.34. The summed E-state index contributed by atoms with van der Waals surface area (Å²) in [7, 11) is 0. The van der Waals surface area contributed by atoms with Gasteiger partial charge >= 0.3 is 0 Å². The third-order valence-corrected chi connectivity index (χ3v) is 3.86. The van der Waals surface area contributed by atoms with Gasteiger partial charge in [0, 0.05) is 25.2 Å². The number of hydrogen-bond donors (Lipinski definition) is 0. The monoisotopic (exact) mass is 166 g/mol. The average Bonchev–Trinajstić information content (AvgIpc) is 2.20. The van der Waals surface area contributed by atoms with E-state index in [1.165, 1.54) is 51.6 Å². The minimum atomic E-state index is 0.926. The molecule has 3 aliphatic heterocycles. The van der Waals surface area contributed by atoms with Crippen LogP contribution in [0.3, 0.4) is 0 Å². The van der Waals surface area contributed by atoms with E-state index in [0.29, 0.717) is 0 Å². The van der Waals surface area contributed by atoms with Gasteiger partial charge in [0.25, 0.3) is 0 Å². The van der Waals surface area contributed by atoms with Crippen LogP contribution in [-0.4, -0.2) is 35.2 Å². The van der Waals surface area contributed by atoms with E-state index in [-0.39, 0.29) is 0 Å². The maximum Gasteiger partial charge on any atom is 0.0247 e. The lowest BCUT2D eigenvalue weighted by molar-refractivity contribution is -0.173. The molecule has 0 N–H and O–H groups in total. The van der Waals surface area contributed by atoms with Crippen LogP contribution in [0.15, 0.2) is 0 Å². The van der Waals surface area contributed by atoms with E-state index in [9.17, 15) is 0 Å². The molecule has 12 heavy (non-hydrogen) atoms. The van der Waals surface area contributed by atoms with Gasteiger partial charge in [-0.1, -0.05) is 0 Å². The van der Waals surface area contributed by atoms with Crippen molar-refractivity contribution in [3.63, 3.8) is 0 Å². The van der Waals surface area contributed by atoms with E-state index in [1.54, 1.807) is 0 Å². The summed E-state index contributed by atoms with van der Waals surface area (Å²) in [6, 6.07) is 1.85. The molecule has 0 radical (unpaired) electrons. The maximum atomic E-state index is 2.68. The Morgan fingerprint density at radius 2 is 1.08 bits per heavy atom. The Labute approximate surface area is 74.5 Å². The van der Waals surface area contributed by atoms with E-state index >= 15 is 0 Å². The van der Waals surface area contributed by atoms with Crippen LogP contribution in [0.4, 0.5) is 0 Å². The largest absolute Gasteiger partial charge is 0.238 e. The fourth-order valence-corrected chi connectivity index (χ4v) is 3.24. The first-order valence-corrected chi connectivity index (χ1v) is 5.48. The van der Waals surface area contributed by atoms with Crippen molar-refractivity contribution >= 4 is 0 Å². The first-order valence-electron chi connectivity index (χ1n) is 5.48. The summed E-state index contributed by atoms with van der Waals surface area (Å²) < 4.78 is 0. The highest BCUT2D eigenvalue weighted by Gasteiger charge is 2.40. The summed E-state index contributed by atoms with van der Waals surface area (Å²) in [5, 5.41) is 5.36. The van der Waals surface area contributed by atoms with E-state index in [1.807, 2.05) is 0 Å². The van der Waals surface area contributed by atoms with Crippen LogP contribution in [0.25, 0.3) is 0 Å². The van der Waals surface area contributed by atoms with E-state index in [0.717, 1.165) is 12.1 Å². The third-order valence-electron chi connectivity index (χ3n) is 3.86. The summed E-state index contributed by atoms with van der Waals surface area (Å²) >= 11 is 0. The Hall–Kier alpha value is -0.0800. The molecule has 0 aromatic rings. The number of fused-ring (bicyclic) bond motifs is 2. The maximum absolute atomic E-state index is 2.68. The Morgan fingerprint density at radius 3 is 1.50 bits per heavy atom. The quantitative estimate of drug-likeness (QED) is 0.539. The number of hydrogen-bond acceptors (Lipinski definition) is 2. The molecular formula is C10H18N2. The van der Waals surface area contributed by atoms with Crippen molar-refractivity contribution in [1.82, 2.24) is 10.0 Å². The zero-order valence-electron chi connectivity index (χ0n) is 7.71. The molecule has 1 saturated carbocycles. The van der Waals surface area contributed by atoms with E-state index in [2.05, 4.69) is 10.0 Å². The minimum Gasteiger partial charge on any atom is -0.238 e. The standard InChI is InChI=1S/C10H18N2/c1-2-8-12-10-5-3-9(4-6-10)11(12)7-1/h9-10H,1-8H2. The Morgan fingerprint density at radius 1 is 0.667 bits per heavy atom. The fourth-order valence-electron chi connectivity index (χ4n) is 3.24. The molecule has 4 fully saturated rings. The molecule has 3 heterocycles. The van der Waals surface area contributed by atoms with Gasteiger partial charge in [0.05, 0.1) is 0 Å². The smallest absolute Gasteiger partial charge is 0.0247 e. The van der Waals surface area contributed by atoms with Gasteiger partial charge in [-0.2, -0.15) is 0 Å².